The van der Waals surface area contributed by atoms with Crippen LogP contribution in [0, 0.1) is 5.92 Å². The van der Waals surface area contributed by atoms with E-state index in [4.69, 9.17) is 4.74 Å². The largest absolute Gasteiger partial charge is 0.491 e. The Balaban J connectivity index is 2.67. The minimum atomic E-state index is 0.238. The van der Waals surface area contributed by atoms with Crippen molar-refractivity contribution in [3.8, 4) is 5.75 Å². The zero-order valence-corrected chi connectivity index (χ0v) is 13.0. The highest BCUT2D eigenvalue weighted by atomic mass is 16.5. The first kappa shape index (κ1) is 16.0. The van der Waals surface area contributed by atoms with E-state index >= 15 is 0 Å². The lowest BCUT2D eigenvalue weighted by atomic mass is 9.89. The summed E-state index contributed by atoms with van der Waals surface area (Å²) < 4.78 is 5.69. The number of benzene rings is 1. The van der Waals surface area contributed by atoms with Crippen LogP contribution in [0.2, 0.25) is 0 Å². The molecule has 2 heteroatoms. The van der Waals surface area contributed by atoms with E-state index in [1.54, 1.807) is 0 Å². The van der Waals surface area contributed by atoms with Crippen molar-refractivity contribution < 1.29 is 10.5 Å². The minimum absolute atomic E-state index is 0.238. The molecule has 0 unspecified atom stereocenters. The number of hydrogen-bond donors (Lipinski definition) is 1. The van der Waals surface area contributed by atoms with Crippen LogP contribution in [0.25, 0.3) is 0 Å². The quantitative estimate of drug-likeness (QED) is 0.765. The molecule has 108 valence electrons. The summed E-state index contributed by atoms with van der Waals surface area (Å²) in [6, 6.07) is 8.64. The summed E-state index contributed by atoms with van der Waals surface area (Å²) >= 11 is 0. The SMILES string of the molecule is CC(C)CC[C@@H](CC[NH3+])c1ccc(OC(C)C)cc1. The molecule has 0 amide bonds. The Hall–Kier alpha value is -1.02. The van der Waals surface area contributed by atoms with Gasteiger partial charge in [0.2, 0.25) is 0 Å². The van der Waals surface area contributed by atoms with Crippen LogP contribution in [-0.2, 0) is 0 Å². The maximum Gasteiger partial charge on any atom is 0.119 e. The number of hydrogen-bond acceptors (Lipinski definition) is 1. The van der Waals surface area contributed by atoms with E-state index in [-0.39, 0.29) is 6.10 Å². The van der Waals surface area contributed by atoms with Crippen molar-refractivity contribution in [2.45, 2.75) is 59.0 Å². The van der Waals surface area contributed by atoms with E-state index in [2.05, 4.69) is 57.7 Å². The molecular weight excluding hydrogens is 234 g/mol. The Kier molecular flexibility index (Phi) is 6.93. The lowest BCUT2D eigenvalue weighted by molar-refractivity contribution is -0.369. The molecule has 0 saturated carbocycles. The maximum atomic E-state index is 5.69. The second kappa shape index (κ2) is 8.21. The molecule has 3 N–H and O–H groups in total. The topological polar surface area (TPSA) is 36.9 Å². The van der Waals surface area contributed by atoms with Crippen molar-refractivity contribution >= 4 is 0 Å². The Morgan fingerprint density at radius 1 is 0.947 bits per heavy atom. The summed E-state index contributed by atoms with van der Waals surface area (Å²) in [5.74, 6) is 2.39. The van der Waals surface area contributed by atoms with Gasteiger partial charge in [0, 0.05) is 6.42 Å². The van der Waals surface area contributed by atoms with Crippen LogP contribution >= 0.6 is 0 Å². The first-order valence-corrected chi connectivity index (χ1v) is 7.58. The third kappa shape index (κ3) is 6.11. The van der Waals surface area contributed by atoms with Gasteiger partial charge in [-0.3, -0.25) is 0 Å². The molecular formula is C17H30NO+. The van der Waals surface area contributed by atoms with Gasteiger partial charge in [0.15, 0.2) is 0 Å². The molecule has 1 aromatic rings. The average Bonchev–Trinajstić information content (AvgIpc) is 2.34. The third-order valence-corrected chi connectivity index (χ3v) is 3.37. The molecule has 0 saturated heterocycles. The van der Waals surface area contributed by atoms with Crippen LogP contribution < -0.4 is 10.5 Å². The van der Waals surface area contributed by atoms with E-state index in [1.165, 1.54) is 24.8 Å². The predicted octanol–water partition coefficient (Wildman–Crippen LogP) is 3.63. The highest BCUT2D eigenvalue weighted by Gasteiger charge is 2.12. The number of ether oxygens (including phenoxy) is 1. The van der Waals surface area contributed by atoms with Crippen molar-refractivity contribution in [3.63, 3.8) is 0 Å². The molecule has 0 aliphatic carbocycles. The number of rotatable bonds is 8. The maximum absolute atomic E-state index is 5.69. The van der Waals surface area contributed by atoms with E-state index in [1.807, 2.05) is 0 Å². The normalized spacial score (nSPS) is 13.0. The zero-order chi connectivity index (χ0) is 14.3. The summed E-state index contributed by atoms with van der Waals surface area (Å²) in [7, 11) is 0. The van der Waals surface area contributed by atoms with Crippen LogP contribution in [-0.4, -0.2) is 12.6 Å². The van der Waals surface area contributed by atoms with Gasteiger partial charge in [-0.2, -0.15) is 0 Å². The fourth-order valence-corrected chi connectivity index (χ4v) is 2.35. The highest BCUT2D eigenvalue weighted by Crippen LogP contribution is 2.27. The molecule has 1 rings (SSSR count). The van der Waals surface area contributed by atoms with Crippen molar-refractivity contribution in [1.29, 1.82) is 0 Å². The first-order chi connectivity index (χ1) is 9.02. The van der Waals surface area contributed by atoms with Crippen molar-refractivity contribution in [3.05, 3.63) is 29.8 Å². The van der Waals surface area contributed by atoms with E-state index in [9.17, 15) is 0 Å². The lowest BCUT2D eigenvalue weighted by Crippen LogP contribution is -2.50. The van der Waals surface area contributed by atoms with Crippen molar-refractivity contribution in [2.24, 2.45) is 5.92 Å². The van der Waals surface area contributed by atoms with E-state index in [0.29, 0.717) is 5.92 Å². The van der Waals surface area contributed by atoms with E-state index < -0.39 is 0 Å². The van der Waals surface area contributed by atoms with Gasteiger partial charge in [-0.1, -0.05) is 32.4 Å². The second-order valence-corrected chi connectivity index (χ2v) is 6.05. The van der Waals surface area contributed by atoms with Gasteiger partial charge < -0.3 is 10.5 Å². The van der Waals surface area contributed by atoms with E-state index in [0.717, 1.165) is 18.2 Å². The zero-order valence-electron chi connectivity index (χ0n) is 13.0. The molecule has 0 aromatic heterocycles. The van der Waals surface area contributed by atoms with Gasteiger partial charge in [0.1, 0.15) is 5.75 Å². The van der Waals surface area contributed by atoms with Crippen LogP contribution in [0.3, 0.4) is 0 Å². The average molecular weight is 264 g/mol. The Morgan fingerprint density at radius 2 is 1.58 bits per heavy atom. The number of quaternary nitrogens is 1. The molecule has 1 aromatic carbocycles. The third-order valence-electron chi connectivity index (χ3n) is 3.37. The Morgan fingerprint density at radius 3 is 2.05 bits per heavy atom. The summed E-state index contributed by atoms with van der Waals surface area (Å²) in [5.41, 5.74) is 5.44. The van der Waals surface area contributed by atoms with Gasteiger partial charge in [-0.15, -0.1) is 0 Å². The smallest absolute Gasteiger partial charge is 0.119 e. The monoisotopic (exact) mass is 264 g/mol. The predicted molar refractivity (Wildman–Crippen MR) is 81.4 cm³/mol. The minimum Gasteiger partial charge on any atom is -0.491 e. The van der Waals surface area contributed by atoms with Gasteiger partial charge >= 0.3 is 0 Å². The highest BCUT2D eigenvalue weighted by molar-refractivity contribution is 5.29. The molecule has 0 heterocycles. The van der Waals surface area contributed by atoms with Crippen LogP contribution in [0.1, 0.15) is 58.4 Å². The fraction of sp³-hybridized carbons (Fsp3) is 0.647. The summed E-state index contributed by atoms with van der Waals surface area (Å²) in [5, 5.41) is 0. The summed E-state index contributed by atoms with van der Waals surface area (Å²) in [6.07, 6.45) is 3.96. The van der Waals surface area contributed by atoms with Gasteiger partial charge in [-0.25, -0.2) is 0 Å². The van der Waals surface area contributed by atoms with Crippen LogP contribution in [0.15, 0.2) is 24.3 Å². The molecule has 1 atom stereocenters. The van der Waals surface area contributed by atoms with Crippen LogP contribution in [0.5, 0.6) is 5.75 Å². The molecule has 2 nitrogen and oxygen atoms in total. The summed E-state index contributed by atoms with van der Waals surface area (Å²) in [6.45, 7) is 9.71. The van der Waals surface area contributed by atoms with Gasteiger partial charge in [-0.05, 0) is 49.8 Å². The van der Waals surface area contributed by atoms with Crippen molar-refractivity contribution in [1.82, 2.24) is 0 Å². The molecule has 0 bridgehead atoms. The molecule has 0 aliphatic rings. The first-order valence-electron chi connectivity index (χ1n) is 7.58. The Labute approximate surface area is 118 Å². The molecule has 19 heavy (non-hydrogen) atoms. The molecule has 0 spiro atoms. The molecule has 0 radical (unpaired) electrons. The summed E-state index contributed by atoms with van der Waals surface area (Å²) in [4.78, 5) is 0. The Bertz CT molecular complexity index is 343. The van der Waals surface area contributed by atoms with Crippen LogP contribution in [0.4, 0.5) is 0 Å². The fourth-order valence-electron chi connectivity index (χ4n) is 2.35. The van der Waals surface area contributed by atoms with Crippen molar-refractivity contribution in [2.75, 3.05) is 6.54 Å². The second-order valence-electron chi connectivity index (χ2n) is 6.05. The molecule has 0 fully saturated rings. The van der Waals surface area contributed by atoms with Gasteiger partial charge in [0.25, 0.3) is 0 Å². The molecule has 0 aliphatic heterocycles. The lowest BCUT2D eigenvalue weighted by Gasteiger charge is -2.18. The standard InChI is InChI=1S/C17H29NO/c1-13(2)5-6-16(11-12-18)15-7-9-17(10-8-15)19-14(3)4/h7-10,13-14,16H,5-6,11-12,18H2,1-4H3/p+1/t16-/m0/s1. The van der Waals surface area contributed by atoms with Gasteiger partial charge in [0.05, 0.1) is 12.6 Å².